The van der Waals surface area contributed by atoms with Crippen molar-refractivity contribution in [2.45, 2.75) is 33.2 Å². The van der Waals surface area contributed by atoms with Crippen LogP contribution in [0.25, 0.3) is 33.2 Å². The second-order valence-corrected chi connectivity index (χ2v) is 7.34. The number of aromatic nitrogens is 3. The number of H-pyrrole nitrogens is 1. The predicted molar refractivity (Wildman–Crippen MR) is 122 cm³/mol. The van der Waals surface area contributed by atoms with E-state index in [-0.39, 0.29) is 5.56 Å². The van der Waals surface area contributed by atoms with Gasteiger partial charge in [-0.1, -0.05) is 25.1 Å². The molecule has 0 unspecified atom stereocenters. The van der Waals surface area contributed by atoms with Crippen LogP contribution in [0.5, 0.6) is 5.75 Å². The van der Waals surface area contributed by atoms with Crippen LogP contribution < -0.4 is 21.1 Å². The highest BCUT2D eigenvalue weighted by Gasteiger charge is 2.21. The molecule has 0 spiro atoms. The summed E-state index contributed by atoms with van der Waals surface area (Å²) in [7, 11) is 1.62. The third kappa shape index (κ3) is 4.65. The van der Waals surface area contributed by atoms with Crippen molar-refractivity contribution in [3.05, 3.63) is 58.5 Å². The van der Waals surface area contributed by atoms with Crippen molar-refractivity contribution in [1.29, 1.82) is 0 Å². The molecule has 2 aromatic heterocycles. The van der Waals surface area contributed by atoms with Crippen molar-refractivity contribution in [1.82, 2.24) is 14.5 Å². The smallest absolute Gasteiger partial charge is 0.275 e. The zero-order valence-electron chi connectivity index (χ0n) is 18.6. The van der Waals surface area contributed by atoms with Gasteiger partial charge in [0.1, 0.15) is 11.4 Å². The molecule has 0 fully saturated rings. The fraction of sp³-hybridized carbons (Fsp3) is 0.292. The molecule has 2 heterocycles. The van der Waals surface area contributed by atoms with Crippen LogP contribution in [0, 0.1) is 0 Å². The quantitative estimate of drug-likeness (QED) is 0.473. The van der Waals surface area contributed by atoms with Gasteiger partial charge in [0.15, 0.2) is 0 Å². The average Bonchev–Trinajstić information content (AvgIpc) is 3.09. The first-order valence-corrected chi connectivity index (χ1v) is 10.6. The molecule has 0 bridgehead atoms. The van der Waals surface area contributed by atoms with Crippen LogP contribution in [0.4, 0.5) is 0 Å². The van der Waals surface area contributed by atoms with Crippen LogP contribution >= 0.6 is 0 Å². The predicted octanol–water partition coefficient (Wildman–Crippen LogP) is 1.50. The van der Waals surface area contributed by atoms with Crippen LogP contribution in [-0.2, 0) is 17.8 Å². The van der Waals surface area contributed by atoms with E-state index in [9.17, 15) is 4.79 Å². The normalized spacial score (nSPS) is 10.8. The summed E-state index contributed by atoms with van der Waals surface area (Å²) in [6.07, 6.45) is 1.81. The Morgan fingerprint density at radius 2 is 1.97 bits per heavy atom. The largest absolute Gasteiger partial charge is 0.550 e. The number of quaternary nitrogens is 1. The summed E-state index contributed by atoms with van der Waals surface area (Å²) >= 11 is 0. The Labute approximate surface area is 185 Å². The Balaban J connectivity index is 0.000000668. The molecule has 0 saturated heterocycles. The average molecular weight is 437 g/mol. The van der Waals surface area contributed by atoms with Gasteiger partial charge in [0.2, 0.25) is 0 Å². The standard InChI is InChI=1S/C22H24N4O2.C2H4O2/c1-3-18-20(15-7-4-5-8-19(15)26(18)12-6-11-23)21-22(27)25-16-10-9-14(28-2)13-17(16)24-21;1-2(3)4/h4-5,7-10,13H,3,6,11-12,23H2,1-2H3,(H,25,27);1H3,(H,3,4). The van der Waals surface area contributed by atoms with Gasteiger partial charge >= 0.3 is 0 Å². The lowest BCUT2D eigenvalue weighted by Crippen LogP contribution is -2.50. The van der Waals surface area contributed by atoms with Gasteiger partial charge in [-0.3, -0.25) is 4.79 Å². The van der Waals surface area contributed by atoms with Crippen LogP contribution in [0.2, 0.25) is 0 Å². The Bertz CT molecular complexity index is 1300. The van der Waals surface area contributed by atoms with E-state index in [1.54, 1.807) is 7.11 Å². The minimum Gasteiger partial charge on any atom is -0.550 e. The lowest BCUT2D eigenvalue weighted by molar-refractivity contribution is -0.368. The molecule has 8 nitrogen and oxygen atoms in total. The summed E-state index contributed by atoms with van der Waals surface area (Å²) in [5.74, 6) is -0.369. The van der Waals surface area contributed by atoms with Crippen LogP contribution in [0.1, 0.15) is 26.0 Å². The maximum atomic E-state index is 13.0. The lowest BCUT2D eigenvalue weighted by Gasteiger charge is -2.10. The van der Waals surface area contributed by atoms with Gasteiger partial charge in [0.25, 0.3) is 5.56 Å². The monoisotopic (exact) mass is 436 g/mol. The van der Waals surface area contributed by atoms with Crippen LogP contribution in [-0.4, -0.2) is 34.2 Å². The van der Waals surface area contributed by atoms with E-state index in [4.69, 9.17) is 19.6 Å². The van der Waals surface area contributed by atoms with Crippen molar-refractivity contribution >= 4 is 27.9 Å². The lowest BCUT2D eigenvalue weighted by atomic mass is 10.1. The zero-order chi connectivity index (χ0) is 23.3. The number of para-hydroxylation sites is 1. The second kappa shape index (κ2) is 10.1. The molecule has 0 aliphatic carbocycles. The summed E-state index contributed by atoms with van der Waals surface area (Å²) in [6.45, 7) is 4.85. The van der Waals surface area contributed by atoms with Gasteiger partial charge in [-0.05, 0) is 31.5 Å². The van der Waals surface area contributed by atoms with Crippen molar-refractivity contribution in [3.8, 4) is 17.0 Å². The van der Waals surface area contributed by atoms with Gasteiger partial charge in [0.05, 0.1) is 24.7 Å². The Morgan fingerprint density at radius 3 is 2.62 bits per heavy atom. The fourth-order valence-corrected chi connectivity index (χ4v) is 3.87. The topological polar surface area (TPSA) is 128 Å². The number of nitrogens with one attached hydrogen (secondary N) is 1. The number of carbonyl (C=O) groups excluding carboxylic acids is 1. The molecule has 4 rings (SSSR count). The molecule has 32 heavy (non-hydrogen) atoms. The van der Waals surface area contributed by atoms with E-state index in [0.717, 1.165) is 55.0 Å². The third-order valence-electron chi connectivity index (χ3n) is 5.18. The van der Waals surface area contributed by atoms with Crippen LogP contribution in [0.15, 0.2) is 47.3 Å². The first kappa shape index (κ1) is 23.0. The summed E-state index contributed by atoms with van der Waals surface area (Å²) in [5, 5.41) is 9.95. The highest BCUT2D eigenvalue weighted by molar-refractivity contribution is 5.98. The highest BCUT2D eigenvalue weighted by Crippen LogP contribution is 2.34. The van der Waals surface area contributed by atoms with Crippen LogP contribution in [0.3, 0.4) is 0 Å². The maximum absolute atomic E-state index is 13.0. The number of methoxy groups -OCH3 is 1. The number of ether oxygens (including phenoxy) is 1. The number of hydrogen-bond acceptors (Lipinski definition) is 5. The minimum atomic E-state index is -1.08. The highest BCUT2D eigenvalue weighted by atomic mass is 16.5. The van der Waals surface area contributed by atoms with Gasteiger partial charge in [0, 0.05) is 47.2 Å². The molecule has 0 amide bonds. The number of rotatable bonds is 6. The number of carboxylic acids is 1. The van der Waals surface area contributed by atoms with Crippen molar-refractivity contribution < 1.29 is 20.4 Å². The first-order chi connectivity index (χ1) is 15.4. The Kier molecular flexibility index (Phi) is 7.27. The van der Waals surface area contributed by atoms with Gasteiger partial charge < -0.3 is 29.9 Å². The van der Waals surface area contributed by atoms with E-state index in [1.807, 2.05) is 30.3 Å². The van der Waals surface area contributed by atoms with Gasteiger partial charge in [-0.25, -0.2) is 4.98 Å². The van der Waals surface area contributed by atoms with E-state index >= 15 is 0 Å². The number of aliphatic carboxylic acids is 1. The number of aromatic amines is 1. The Hall–Kier alpha value is -3.65. The molecule has 168 valence electrons. The summed E-state index contributed by atoms with van der Waals surface area (Å²) in [5.41, 5.74) is 8.87. The van der Waals surface area contributed by atoms with E-state index in [2.05, 4.69) is 34.3 Å². The number of benzene rings is 2. The van der Waals surface area contributed by atoms with Crippen molar-refractivity contribution in [2.75, 3.05) is 13.7 Å². The maximum Gasteiger partial charge on any atom is 0.275 e. The first-order valence-electron chi connectivity index (χ1n) is 10.6. The Morgan fingerprint density at radius 1 is 1.25 bits per heavy atom. The fourth-order valence-electron chi connectivity index (χ4n) is 3.87. The molecule has 0 saturated carbocycles. The molecule has 0 atom stereocenters. The SMILES string of the molecule is CC(=O)[O-].CCc1c(-c2nc3cc(OC)ccc3[nH]c2=O)c2ccccc2n1CCC[NH3+]. The molecule has 0 aliphatic rings. The van der Waals surface area contributed by atoms with Gasteiger partial charge in [-0.2, -0.15) is 0 Å². The number of carboxylic acid groups (broad SMARTS) is 1. The number of aryl methyl sites for hydroxylation is 1. The number of fused-ring (bicyclic) bond motifs is 2. The minimum absolute atomic E-state index is 0.174. The molecular weight excluding hydrogens is 408 g/mol. The number of hydrogen-bond donors (Lipinski definition) is 2. The molecule has 4 N–H and O–H groups in total. The summed E-state index contributed by atoms with van der Waals surface area (Å²) < 4.78 is 7.63. The molecule has 8 heteroatoms. The molecular formula is C24H28N4O4. The van der Waals surface area contributed by atoms with E-state index in [1.165, 1.54) is 0 Å². The van der Waals surface area contributed by atoms with E-state index in [0.29, 0.717) is 22.5 Å². The number of nitrogens with zero attached hydrogens (tertiary/aromatic N) is 2. The number of carbonyl (C=O) groups is 1. The van der Waals surface area contributed by atoms with Crippen molar-refractivity contribution in [3.63, 3.8) is 0 Å². The third-order valence-corrected chi connectivity index (χ3v) is 5.18. The molecule has 2 aromatic carbocycles. The zero-order valence-corrected chi connectivity index (χ0v) is 18.6. The molecule has 4 aromatic rings. The molecule has 0 aliphatic heterocycles. The summed E-state index contributed by atoms with van der Waals surface area (Å²) in [4.78, 5) is 29.6. The second-order valence-electron chi connectivity index (χ2n) is 7.34. The summed E-state index contributed by atoms with van der Waals surface area (Å²) in [6, 6.07) is 13.7. The van der Waals surface area contributed by atoms with Crippen molar-refractivity contribution in [2.24, 2.45) is 0 Å². The van der Waals surface area contributed by atoms with Gasteiger partial charge in [-0.15, -0.1) is 0 Å². The molecule has 0 radical (unpaired) electrons. The van der Waals surface area contributed by atoms with E-state index < -0.39 is 5.97 Å².